The molecule has 0 radical (unpaired) electrons. The van der Waals surface area contributed by atoms with Crippen molar-refractivity contribution in [3.8, 4) is 0 Å². The van der Waals surface area contributed by atoms with Gasteiger partial charge in [-0.3, -0.25) is 9.59 Å². The molecule has 6 aliphatic rings. The highest BCUT2D eigenvalue weighted by Crippen LogP contribution is 2.54. The number of likely N-dealkylation sites (tertiary alicyclic amines) is 3. The molecule has 0 aromatic heterocycles. The van der Waals surface area contributed by atoms with E-state index in [4.69, 9.17) is 19.0 Å². The number of aliphatic hydroxyl groups is 3. The van der Waals surface area contributed by atoms with Crippen molar-refractivity contribution >= 4 is 54.4 Å². The summed E-state index contributed by atoms with van der Waals surface area (Å²) in [6.07, 6.45) is 1.61. The minimum absolute atomic E-state index is 0.0251. The van der Waals surface area contributed by atoms with Crippen LogP contribution in [-0.2, 0) is 23.8 Å². The Morgan fingerprint density at radius 3 is 1.11 bits per heavy atom. The van der Waals surface area contributed by atoms with Crippen molar-refractivity contribution in [3.05, 3.63) is 25.3 Å². The number of carbonyl (C=O) groups excluding carboxylic acids is 5. The molecule has 2 atom stereocenters. The molecule has 27 heteroatoms. The monoisotopic (exact) mass is 1280 g/mol. The fourth-order valence-electron chi connectivity index (χ4n) is 7.80. The Kier molecular flexibility index (Phi) is 30.9. The molecule has 480 valence electrons. The Hall–Kier alpha value is -3.53. The topological polar surface area (TPSA) is 195 Å². The summed E-state index contributed by atoms with van der Waals surface area (Å²) >= 11 is 3.13. The number of piperidine rings is 4. The molecule has 82 heavy (non-hydrogen) atoms. The van der Waals surface area contributed by atoms with Crippen LogP contribution < -0.4 is 5.32 Å². The molecule has 2 aliphatic carbocycles. The number of alkyl halides is 11. The van der Waals surface area contributed by atoms with Gasteiger partial charge in [0.1, 0.15) is 22.6 Å². The number of allylic oxidation sites excluding steroid dienone is 1. The van der Waals surface area contributed by atoms with Crippen molar-refractivity contribution in [2.75, 3.05) is 57.7 Å². The first kappa shape index (κ1) is 78.5. The summed E-state index contributed by atoms with van der Waals surface area (Å²) in [6.45, 7) is 31.6. The molecule has 4 aliphatic heterocycles. The van der Waals surface area contributed by atoms with Crippen LogP contribution >= 0.6 is 15.9 Å². The van der Waals surface area contributed by atoms with Crippen molar-refractivity contribution < 1.29 is 97.4 Å². The van der Waals surface area contributed by atoms with Gasteiger partial charge in [-0.1, -0.05) is 47.7 Å². The summed E-state index contributed by atoms with van der Waals surface area (Å²) in [7, 11) is -2.86. The maximum Gasteiger partial charge on any atom is 0.446 e. The average Bonchev–Trinajstić information content (AvgIpc) is 4.13. The minimum atomic E-state index is -4.64. The van der Waals surface area contributed by atoms with Gasteiger partial charge in [0.25, 0.3) is 11.8 Å². The maximum atomic E-state index is 12.9. The quantitative estimate of drug-likeness (QED) is 0.0471. The van der Waals surface area contributed by atoms with Crippen molar-refractivity contribution in [1.82, 2.24) is 20.0 Å². The largest absolute Gasteiger partial charge is 0.446 e. The van der Waals surface area contributed by atoms with Crippen molar-refractivity contribution in [3.63, 3.8) is 0 Å². The molecule has 6 fully saturated rings. The van der Waals surface area contributed by atoms with Crippen molar-refractivity contribution in [1.29, 1.82) is 0 Å². The number of nitrogens with zero attached hydrogens (tertiary/aromatic N) is 3. The molecule has 4 saturated heterocycles. The second kappa shape index (κ2) is 32.3. The van der Waals surface area contributed by atoms with Crippen LogP contribution in [0.25, 0.3) is 0 Å². The van der Waals surface area contributed by atoms with Gasteiger partial charge in [0.2, 0.25) is 6.29 Å². The van der Waals surface area contributed by atoms with E-state index in [2.05, 4.69) is 34.4 Å². The third-order valence-electron chi connectivity index (χ3n) is 13.0. The summed E-state index contributed by atoms with van der Waals surface area (Å²) < 4.78 is 133. The zero-order chi connectivity index (χ0) is 64.2. The highest BCUT2D eigenvalue weighted by molar-refractivity contribution is 9.09. The number of nitrogens with one attached hydrogen (secondary N) is 1. The molecule has 4 N–H and O–H groups in total. The van der Waals surface area contributed by atoms with Crippen LogP contribution in [0.4, 0.5) is 58.3 Å². The number of carbonyl (C=O) groups is 5. The molecule has 4 heterocycles. The predicted molar refractivity (Wildman–Crippen MR) is 299 cm³/mol. The van der Waals surface area contributed by atoms with Crippen LogP contribution in [0.15, 0.2) is 25.3 Å². The minimum Gasteiger partial charge on any atom is -0.444 e. The summed E-state index contributed by atoms with van der Waals surface area (Å²) in [5, 5.41) is 34.4. The van der Waals surface area contributed by atoms with E-state index in [0.29, 0.717) is 97.1 Å². The second-order valence-electron chi connectivity index (χ2n) is 25.4. The van der Waals surface area contributed by atoms with Gasteiger partial charge in [-0.25, -0.2) is 31.9 Å². The van der Waals surface area contributed by atoms with Crippen LogP contribution in [-0.4, -0.2) is 184 Å². The van der Waals surface area contributed by atoms with Gasteiger partial charge in [0.05, 0.1) is 16.8 Å². The fraction of sp³-hybridized carbons (Fsp3) is 0.836. The van der Waals surface area contributed by atoms with E-state index in [1.807, 2.05) is 41.5 Å². The Balaban J connectivity index is 0.000000978. The Morgan fingerprint density at radius 2 is 0.878 bits per heavy atom. The molecular formula is C55H93BrF10N4O11Si. The third-order valence-corrected chi connectivity index (χ3v) is 15.1. The summed E-state index contributed by atoms with van der Waals surface area (Å²) in [4.78, 5) is 59.6. The first-order valence-electron chi connectivity index (χ1n) is 27.4. The second-order valence-corrected chi connectivity index (χ2v) is 31.2. The molecule has 6 rings (SSSR count). The maximum absolute atomic E-state index is 12.9. The number of amides is 3. The Bertz CT molecular complexity index is 1980. The van der Waals surface area contributed by atoms with Gasteiger partial charge in [-0.2, -0.15) is 26.3 Å². The van der Waals surface area contributed by atoms with Crippen LogP contribution in [0.2, 0.25) is 19.6 Å². The van der Waals surface area contributed by atoms with Gasteiger partial charge in [-0.15, -0.1) is 13.2 Å². The zero-order valence-electron chi connectivity index (χ0n) is 50.0. The van der Waals surface area contributed by atoms with Gasteiger partial charge in [0.15, 0.2) is 8.07 Å². The van der Waals surface area contributed by atoms with E-state index in [1.165, 1.54) is 24.5 Å². The van der Waals surface area contributed by atoms with Crippen LogP contribution in [0, 0.1) is 11.8 Å². The number of hydrogen-bond acceptors (Lipinski definition) is 12. The standard InChI is InChI=1S/C14H23F2NO3.C13H23NO3.C10H17NO3.C9H15F2NO.C4H9F3Si.C3H5Br.C2HF3O/c1-12(2,3)20-11(18)17-6-4-13(19,5-7-17)8-10-9-14(10,15)16;1-5-6-13(16)7-9-14(10-8-13)11(15)17-12(2,3)4;1-10(2,3)14-9(13)11-6-4-8(12)5-7-11;10-9(11)6-7(9)5-8(13)1-3-12-4-2-8;1-8(2,3)4(5,6)7;1-2-3-4;3-2(4,5)1-6/h10,19H,4-9H2,1-3H3;5,16H,1,6-10H2,2-4H3;4-7H2,1-3H3;7,12-13H,1-6H2;1-3H3;2H,1,3H2;1H. The molecule has 3 amide bonds. The smallest absolute Gasteiger partial charge is 0.444 e. The Morgan fingerprint density at radius 1 is 0.610 bits per heavy atom. The normalized spacial score (nSPS) is 22.3. The number of rotatable bonds is 7. The Labute approximate surface area is 487 Å². The lowest BCUT2D eigenvalue weighted by Crippen LogP contribution is -2.48. The first-order chi connectivity index (χ1) is 36.9. The van der Waals surface area contributed by atoms with Crippen LogP contribution in [0.3, 0.4) is 0 Å². The number of halogens is 11. The summed E-state index contributed by atoms with van der Waals surface area (Å²) in [5.41, 5.74) is -4.06. The molecule has 2 saturated carbocycles. The highest BCUT2D eigenvalue weighted by atomic mass is 79.9. The lowest BCUT2D eigenvalue weighted by atomic mass is 9.86. The highest BCUT2D eigenvalue weighted by Gasteiger charge is 2.60. The van der Waals surface area contributed by atoms with Crippen molar-refractivity contribution in [2.45, 2.75) is 223 Å². The number of aldehydes is 1. The van der Waals surface area contributed by atoms with Gasteiger partial charge >= 0.3 is 30.3 Å². The lowest BCUT2D eigenvalue weighted by Gasteiger charge is -2.38. The van der Waals surface area contributed by atoms with E-state index < -0.39 is 89.7 Å². The summed E-state index contributed by atoms with van der Waals surface area (Å²) in [5.74, 6) is -10.0. The fourth-order valence-corrected chi connectivity index (χ4v) is 7.80. The molecule has 0 bridgehead atoms. The molecule has 0 aromatic rings. The van der Waals surface area contributed by atoms with Gasteiger partial charge in [-0.05, 0) is 133 Å². The number of ether oxygens (including phenoxy) is 3. The zero-order valence-corrected chi connectivity index (χ0v) is 52.6. The van der Waals surface area contributed by atoms with Crippen LogP contribution in [0.1, 0.15) is 146 Å². The summed E-state index contributed by atoms with van der Waals surface area (Å²) in [6, 6.07) is 0. The number of ketones is 1. The van der Waals surface area contributed by atoms with E-state index in [0.717, 1.165) is 18.4 Å². The van der Waals surface area contributed by atoms with Gasteiger partial charge in [0, 0.05) is 82.1 Å². The SMILES string of the molecule is C=CCBr.C=CCC1(O)CCN(C(=O)OC(C)(C)C)CC1.CC(C)(C)OC(=O)N1CCC(=O)CC1.CC(C)(C)OC(=O)N1CCC(O)(CC2CC2(F)F)CC1.C[Si](C)(C)C(F)(F)F.O=CC(F)(F)F.OC1(CC2CC2(F)F)CCNCC1. The molecule has 0 aromatic carbocycles. The lowest BCUT2D eigenvalue weighted by molar-refractivity contribution is -0.156. The van der Waals surface area contributed by atoms with Crippen molar-refractivity contribution in [2.24, 2.45) is 11.8 Å². The molecule has 15 nitrogen and oxygen atoms in total. The molecule has 2 unspecified atom stereocenters. The predicted octanol–water partition coefficient (Wildman–Crippen LogP) is 12.6. The molecule has 0 spiro atoms. The average molecular weight is 1280 g/mol. The number of Topliss-reactive ketones (excluding diaryl/α,β-unsaturated/α-hetero) is 1. The first-order valence-corrected chi connectivity index (χ1v) is 32.0. The van der Waals surface area contributed by atoms with E-state index in [9.17, 15) is 78.4 Å². The van der Waals surface area contributed by atoms with Crippen LogP contribution in [0.5, 0.6) is 0 Å². The van der Waals surface area contributed by atoms with Gasteiger partial charge < -0.3 is 49.5 Å². The van der Waals surface area contributed by atoms with E-state index in [-0.39, 0.29) is 43.7 Å². The van der Waals surface area contributed by atoms with E-state index in [1.54, 1.807) is 42.7 Å². The third kappa shape index (κ3) is 34.4. The number of hydrogen-bond donors (Lipinski definition) is 4. The molecular weight excluding hydrogens is 1190 g/mol. The van der Waals surface area contributed by atoms with E-state index >= 15 is 0 Å².